The Morgan fingerprint density at radius 2 is 2.00 bits per heavy atom. The number of nitrogens with one attached hydrogen (secondary N) is 1. The van der Waals surface area contributed by atoms with Gasteiger partial charge in [0.15, 0.2) is 0 Å². The highest BCUT2D eigenvalue weighted by molar-refractivity contribution is 7.13. The van der Waals surface area contributed by atoms with Gasteiger partial charge in [-0.05, 0) is 65.8 Å². The number of aryl methyl sites for hydroxylation is 1. The van der Waals surface area contributed by atoms with E-state index >= 15 is 0 Å². The number of benzene rings is 1. The molecule has 152 valence electrons. The van der Waals surface area contributed by atoms with E-state index in [4.69, 9.17) is 0 Å². The van der Waals surface area contributed by atoms with E-state index in [0.717, 1.165) is 47.8 Å². The number of carbonyl (C=O) groups excluding carboxylic acids is 1. The second kappa shape index (κ2) is 7.95. The van der Waals surface area contributed by atoms with E-state index < -0.39 is 0 Å². The van der Waals surface area contributed by atoms with Gasteiger partial charge >= 0.3 is 0 Å². The number of carbonyl (C=O) groups is 1. The number of hydrogen-bond acceptors (Lipinski definition) is 4. The minimum atomic E-state index is -0.0394. The van der Waals surface area contributed by atoms with E-state index in [2.05, 4.69) is 51.7 Å². The van der Waals surface area contributed by atoms with Crippen LogP contribution in [-0.4, -0.2) is 33.7 Å². The van der Waals surface area contributed by atoms with Crippen LogP contribution < -0.4 is 5.32 Å². The molecule has 1 aliphatic carbocycles. The lowest BCUT2D eigenvalue weighted by molar-refractivity contribution is 0.0950. The lowest BCUT2D eigenvalue weighted by Gasteiger charge is -2.26. The molecule has 3 aromatic rings. The fourth-order valence-electron chi connectivity index (χ4n) is 4.01. The predicted octanol–water partition coefficient (Wildman–Crippen LogP) is 3.93. The smallest absolute Gasteiger partial charge is 0.251 e. The van der Waals surface area contributed by atoms with E-state index in [0.29, 0.717) is 6.54 Å². The molecule has 2 aliphatic rings. The fourth-order valence-corrected chi connectivity index (χ4v) is 4.69. The number of nitrogens with zero attached hydrogens (tertiary/aromatic N) is 3. The van der Waals surface area contributed by atoms with Crippen LogP contribution >= 0.6 is 11.3 Å². The van der Waals surface area contributed by atoms with Crippen molar-refractivity contribution in [3.8, 4) is 10.6 Å². The molecule has 2 aromatic heterocycles. The summed E-state index contributed by atoms with van der Waals surface area (Å²) in [7, 11) is 1.92. The number of aromatic nitrogens is 2. The van der Waals surface area contributed by atoms with Crippen LogP contribution in [0.15, 0.2) is 65.7 Å². The average Bonchev–Trinajstić information content (AvgIpc) is 3.32. The molecule has 1 amide bonds. The van der Waals surface area contributed by atoms with Crippen molar-refractivity contribution in [2.75, 3.05) is 13.1 Å². The lowest BCUT2D eigenvalue weighted by atomic mass is 10.00. The highest BCUT2D eigenvalue weighted by Gasteiger charge is 2.18. The third-order valence-electron chi connectivity index (χ3n) is 5.85. The van der Waals surface area contributed by atoms with Gasteiger partial charge in [-0.1, -0.05) is 18.2 Å². The highest BCUT2D eigenvalue weighted by Crippen LogP contribution is 2.24. The second-order valence-electron chi connectivity index (χ2n) is 7.73. The number of fused-ring (bicyclic) bond motifs is 1. The molecule has 0 saturated carbocycles. The predicted molar refractivity (Wildman–Crippen MR) is 120 cm³/mol. The monoisotopic (exact) mass is 416 g/mol. The molecule has 6 heteroatoms. The lowest BCUT2D eigenvalue weighted by Crippen LogP contribution is -2.26. The van der Waals surface area contributed by atoms with Crippen LogP contribution in [0, 0.1) is 0 Å². The van der Waals surface area contributed by atoms with E-state index in [1.165, 1.54) is 16.8 Å². The molecule has 1 N–H and O–H groups in total. The zero-order chi connectivity index (χ0) is 20.5. The normalized spacial score (nSPS) is 15.2. The molecule has 1 aromatic carbocycles. The van der Waals surface area contributed by atoms with Gasteiger partial charge in [-0.3, -0.25) is 9.48 Å². The van der Waals surface area contributed by atoms with Gasteiger partial charge in [-0.25, -0.2) is 0 Å². The van der Waals surface area contributed by atoms with Crippen LogP contribution in [0.3, 0.4) is 0 Å². The molecule has 5 nitrogen and oxygen atoms in total. The van der Waals surface area contributed by atoms with Crippen molar-refractivity contribution in [1.82, 2.24) is 20.0 Å². The first kappa shape index (κ1) is 18.9. The molecule has 3 heterocycles. The fraction of sp³-hybridized carbons (Fsp3) is 0.250. The maximum atomic E-state index is 12.8. The van der Waals surface area contributed by atoms with E-state index in [1.807, 2.05) is 35.3 Å². The van der Waals surface area contributed by atoms with Gasteiger partial charge in [0.05, 0.1) is 17.1 Å². The molecule has 30 heavy (non-hydrogen) atoms. The van der Waals surface area contributed by atoms with Gasteiger partial charge < -0.3 is 10.2 Å². The van der Waals surface area contributed by atoms with E-state index in [9.17, 15) is 4.79 Å². The number of amides is 1. The molecule has 0 fully saturated rings. The van der Waals surface area contributed by atoms with Crippen molar-refractivity contribution >= 4 is 17.2 Å². The number of hydrogen-bond donors (Lipinski definition) is 1. The Morgan fingerprint density at radius 3 is 2.73 bits per heavy atom. The summed E-state index contributed by atoms with van der Waals surface area (Å²) >= 11 is 1.67. The van der Waals surface area contributed by atoms with Gasteiger partial charge in [-0.2, -0.15) is 5.10 Å². The van der Waals surface area contributed by atoms with Gasteiger partial charge in [0.25, 0.3) is 5.91 Å². The van der Waals surface area contributed by atoms with E-state index in [-0.39, 0.29) is 5.91 Å². The summed E-state index contributed by atoms with van der Waals surface area (Å²) in [6, 6.07) is 12.3. The van der Waals surface area contributed by atoms with Crippen molar-refractivity contribution < 1.29 is 4.79 Å². The molecule has 0 bridgehead atoms. The summed E-state index contributed by atoms with van der Waals surface area (Å²) in [5.74, 6) is -0.0394. The first-order valence-electron chi connectivity index (χ1n) is 10.3. The minimum absolute atomic E-state index is 0.0394. The van der Waals surface area contributed by atoms with Crippen molar-refractivity contribution in [3.05, 3.63) is 88.1 Å². The quantitative estimate of drug-likeness (QED) is 0.686. The maximum absolute atomic E-state index is 12.8. The standard InChI is InChI=1S/C24H24N4OS/c1-27-21(15-22(26-27)23-6-3-13-30-23)16-25-24(29)19-8-7-17-9-11-28(20-4-2-5-20)12-10-18(17)14-19/h2-8,13-15H,9-12,16H2,1H3,(H,25,29). The number of rotatable bonds is 5. The van der Waals surface area contributed by atoms with Crippen LogP contribution in [0.4, 0.5) is 0 Å². The molecule has 0 radical (unpaired) electrons. The van der Waals surface area contributed by atoms with Gasteiger partial charge in [0.2, 0.25) is 0 Å². The Kier molecular flexibility index (Phi) is 5.01. The number of thiophene rings is 1. The van der Waals surface area contributed by atoms with Crippen molar-refractivity contribution in [2.24, 2.45) is 7.05 Å². The van der Waals surface area contributed by atoms with Crippen LogP contribution in [0.25, 0.3) is 10.6 Å². The maximum Gasteiger partial charge on any atom is 0.251 e. The summed E-state index contributed by atoms with van der Waals surface area (Å²) in [6.07, 6.45) is 8.40. The zero-order valence-electron chi connectivity index (χ0n) is 17.0. The van der Waals surface area contributed by atoms with Gasteiger partial charge in [-0.15, -0.1) is 11.3 Å². The van der Waals surface area contributed by atoms with Crippen LogP contribution in [0.5, 0.6) is 0 Å². The summed E-state index contributed by atoms with van der Waals surface area (Å²) in [6.45, 7) is 2.48. The first-order valence-corrected chi connectivity index (χ1v) is 11.2. The molecule has 5 rings (SSSR count). The zero-order valence-corrected chi connectivity index (χ0v) is 17.8. The molecule has 0 atom stereocenters. The Hall–Kier alpha value is -3.12. The Balaban J connectivity index is 1.25. The summed E-state index contributed by atoms with van der Waals surface area (Å²) in [5.41, 5.74) is 6.62. The summed E-state index contributed by atoms with van der Waals surface area (Å²) in [4.78, 5) is 16.4. The Bertz CT molecular complexity index is 1140. The summed E-state index contributed by atoms with van der Waals surface area (Å²) < 4.78 is 1.84. The average molecular weight is 417 g/mol. The van der Waals surface area contributed by atoms with Crippen LogP contribution in [0.2, 0.25) is 0 Å². The second-order valence-corrected chi connectivity index (χ2v) is 8.67. The third-order valence-corrected chi connectivity index (χ3v) is 6.74. The van der Waals surface area contributed by atoms with E-state index in [1.54, 1.807) is 11.3 Å². The van der Waals surface area contributed by atoms with Crippen molar-refractivity contribution in [1.29, 1.82) is 0 Å². The topological polar surface area (TPSA) is 50.2 Å². The molecular weight excluding hydrogens is 392 g/mol. The first-order chi connectivity index (χ1) is 14.7. The van der Waals surface area contributed by atoms with Gasteiger partial charge in [0.1, 0.15) is 5.69 Å². The van der Waals surface area contributed by atoms with Crippen LogP contribution in [-0.2, 0) is 26.4 Å². The van der Waals surface area contributed by atoms with Crippen LogP contribution in [0.1, 0.15) is 27.2 Å². The third kappa shape index (κ3) is 3.71. The van der Waals surface area contributed by atoms with Crippen molar-refractivity contribution in [2.45, 2.75) is 19.4 Å². The highest BCUT2D eigenvalue weighted by atomic mass is 32.1. The Morgan fingerprint density at radius 1 is 1.17 bits per heavy atom. The van der Waals surface area contributed by atoms with Gasteiger partial charge in [0, 0.05) is 31.4 Å². The molecule has 0 spiro atoms. The molecule has 0 unspecified atom stereocenters. The molecule has 0 saturated heterocycles. The SMILES string of the molecule is Cn1nc(-c2cccs2)cc1CNC(=O)c1ccc2c(c1)CCN(C1=CC=C1)CC2. The molecular formula is C24H24N4OS. The largest absolute Gasteiger partial charge is 0.371 e. The minimum Gasteiger partial charge on any atom is -0.371 e. The summed E-state index contributed by atoms with van der Waals surface area (Å²) in [5, 5.41) is 9.67. The number of allylic oxidation sites excluding steroid dienone is 3. The molecule has 1 aliphatic heterocycles. The van der Waals surface area contributed by atoms with Crippen molar-refractivity contribution in [3.63, 3.8) is 0 Å². The Labute approximate surface area is 180 Å².